The molecule has 0 bridgehead atoms. The van der Waals surface area contributed by atoms with Gasteiger partial charge in [0.05, 0.1) is 12.8 Å². The lowest BCUT2D eigenvalue weighted by molar-refractivity contribution is -0.120. The van der Waals surface area contributed by atoms with E-state index in [1.54, 1.807) is 60.7 Å². The molecule has 4 rings (SSSR count). The van der Waals surface area contributed by atoms with E-state index in [0.717, 1.165) is 16.0 Å². The number of rotatable bonds is 6. The van der Waals surface area contributed by atoms with Crippen LogP contribution in [-0.4, -0.2) is 24.8 Å². The molecule has 3 aromatic carbocycles. The zero-order valence-corrected chi connectivity index (χ0v) is 20.6. The van der Waals surface area contributed by atoms with E-state index in [9.17, 15) is 14.4 Å². The summed E-state index contributed by atoms with van der Waals surface area (Å²) in [6.45, 7) is 3.62. The van der Waals surface area contributed by atoms with E-state index in [4.69, 9.17) is 27.9 Å². The number of nitrogens with one attached hydrogen (secondary N) is 2. The van der Waals surface area contributed by atoms with Crippen molar-refractivity contribution in [2.24, 2.45) is 0 Å². The monoisotopic (exact) mass is 509 g/mol. The molecule has 178 valence electrons. The zero-order chi connectivity index (χ0) is 25.3. The molecule has 0 radical (unpaired) electrons. The maximum atomic E-state index is 13.1. The van der Waals surface area contributed by atoms with E-state index >= 15 is 0 Å². The predicted molar refractivity (Wildman–Crippen MR) is 137 cm³/mol. The van der Waals surface area contributed by atoms with Crippen LogP contribution < -0.4 is 20.3 Å². The number of halogens is 2. The van der Waals surface area contributed by atoms with Crippen LogP contribution in [0.3, 0.4) is 0 Å². The molecule has 0 aromatic heterocycles. The maximum Gasteiger partial charge on any atom is 0.283 e. The summed E-state index contributed by atoms with van der Waals surface area (Å²) in [7, 11) is 1.52. The molecule has 0 fully saturated rings. The van der Waals surface area contributed by atoms with Gasteiger partial charge in [-0.05, 0) is 73.5 Å². The molecule has 2 N–H and O–H groups in total. The number of amides is 3. The van der Waals surface area contributed by atoms with Gasteiger partial charge in [0.2, 0.25) is 0 Å². The largest absolute Gasteiger partial charge is 0.497 e. The fourth-order valence-electron chi connectivity index (χ4n) is 3.55. The maximum absolute atomic E-state index is 13.1. The quantitative estimate of drug-likeness (QED) is 0.419. The summed E-state index contributed by atoms with van der Waals surface area (Å²) in [6.07, 6.45) is 0. The Morgan fingerprint density at radius 2 is 1.63 bits per heavy atom. The van der Waals surface area contributed by atoms with Crippen LogP contribution >= 0.6 is 23.2 Å². The number of hydrogen-bond donors (Lipinski definition) is 2. The highest BCUT2D eigenvalue weighted by Gasteiger charge is 2.39. The number of ether oxygens (including phenoxy) is 1. The van der Waals surface area contributed by atoms with Crippen LogP contribution in [-0.2, 0) is 9.59 Å². The van der Waals surface area contributed by atoms with Gasteiger partial charge >= 0.3 is 0 Å². The molecular weight excluding hydrogens is 489 g/mol. The van der Waals surface area contributed by atoms with Gasteiger partial charge in [-0.1, -0.05) is 35.3 Å². The molecule has 7 nitrogen and oxygen atoms in total. The van der Waals surface area contributed by atoms with Crippen molar-refractivity contribution in [1.82, 2.24) is 0 Å². The van der Waals surface area contributed by atoms with Gasteiger partial charge in [0.15, 0.2) is 0 Å². The van der Waals surface area contributed by atoms with Gasteiger partial charge in [-0.25, -0.2) is 4.90 Å². The summed E-state index contributed by atoms with van der Waals surface area (Å²) in [6, 6.07) is 16.7. The van der Waals surface area contributed by atoms with Gasteiger partial charge in [-0.15, -0.1) is 0 Å². The standard InChI is InChI=1S/C26H21Cl2N3O4/c1-14-7-8-16(24(32)30-20-6-4-5-19(27)15(20)2)13-21(14)29-23-22(28)25(33)31(26(23)34)17-9-11-18(35-3)12-10-17/h4-13,29H,1-3H3,(H,30,32). The molecule has 0 aliphatic carbocycles. The highest BCUT2D eigenvalue weighted by molar-refractivity contribution is 6.53. The number of aryl methyl sites for hydroxylation is 1. The normalized spacial score (nSPS) is 13.3. The molecule has 0 saturated carbocycles. The Hall–Kier alpha value is -3.81. The molecule has 0 spiro atoms. The fraction of sp³-hybridized carbons (Fsp3) is 0.115. The molecular formula is C26H21Cl2N3O4. The topological polar surface area (TPSA) is 87.7 Å². The van der Waals surface area contributed by atoms with Crippen molar-refractivity contribution in [3.63, 3.8) is 0 Å². The van der Waals surface area contributed by atoms with E-state index in [1.165, 1.54) is 7.11 Å². The first-order valence-corrected chi connectivity index (χ1v) is 11.3. The summed E-state index contributed by atoms with van der Waals surface area (Å²) in [5.41, 5.74) is 3.19. The third-order valence-electron chi connectivity index (χ3n) is 5.63. The van der Waals surface area contributed by atoms with Gasteiger partial charge in [0, 0.05) is 22.0 Å². The van der Waals surface area contributed by atoms with E-state index in [0.29, 0.717) is 33.4 Å². The summed E-state index contributed by atoms with van der Waals surface area (Å²) >= 11 is 12.4. The van der Waals surface area contributed by atoms with Crippen molar-refractivity contribution >= 4 is 58.0 Å². The molecule has 3 aromatic rings. The molecule has 0 unspecified atom stereocenters. The van der Waals surface area contributed by atoms with E-state index in [-0.39, 0.29) is 16.6 Å². The molecule has 9 heteroatoms. The van der Waals surface area contributed by atoms with Crippen molar-refractivity contribution in [1.29, 1.82) is 0 Å². The Morgan fingerprint density at radius 1 is 0.914 bits per heavy atom. The summed E-state index contributed by atoms with van der Waals surface area (Å²) in [5.74, 6) is -1.02. The van der Waals surface area contributed by atoms with E-state index in [2.05, 4.69) is 10.6 Å². The average Bonchev–Trinajstić information content (AvgIpc) is 3.06. The van der Waals surface area contributed by atoms with Crippen molar-refractivity contribution in [2.45, 2.75) is 13.8 Å². The Morgan fingerprint density at radius 3 is 2.31 bits per heavy atom. The minimum absolute atomic E-state index is 0.0705. The van der Waals surface area contributed by atoms with Crippen LogP contribution in [0.15, 0.2) is 71.4 Å². The van der Waals surface area contributed by atoms with E-state index in [1.807, 2.05) is 13.8 Å². The van der Waals surface area contributed by atoms with Gasteiger partial charge < -0.3 is 15.4 Å². The lowest BCUT2D eigenvalue weighted by Crippen LogP contribution is -2.32. The van der Waals surface area contributed by atoms with Crippen LogP contribution in [0, 0.1) is 13.8 Å². The van der Waals surface area contributed by atoms with Gasteiger partial charge in [0.25, 0.3) is 17.7 Å². The molecule has 35 heavy (non-hydrogen) atoms. The van der Waals surface area contributed by atoms with Gasteiger partial charge in [-0.3, -0.25) is 14.4 Å². The van der Waals surface area contributed by atoms with E-state index < -0.39 is 11.8 Å². The van der Waals surface area contributed by atoms with Crippen LogP contribution in [0.25, 0.3) is 0 Å². The molecule has 3 amide bonds. The number of benzene rings is 3. The molecule has 1 heterocycles. The summed E-state index contributed by atoms with van der Waals surface area (Å²) in [4.78, 5) is 39.7. The minimum Gasteiger partial charge on any atom is -0.497 e. The number of hydrogen-bond acceptors (Lipinski definition) is 5. The molecule has 1 aliphatic rings. The number of methoxy groups -OCH3 is 1. The SMILES string of the molecule is COc1ccc(N2C(=O)C(Cl)=C(Nc3cc(C(=O)Nc4cccc(Cl)c4C)ccc3C)C2=O)cc1. The van der Waals surface area contributed by atoms with Gasteiger partial charge in [0.1, 0.15) is 16.5 Å². The van der Waals surface area contributed by atoms with Gasteiger partial charge in [-0.2, -0.15) is 0 Å². The Balaban J connectivity index is 1.58. The smallest absolute Gasteiger partial charge is 0.283 e. The number of carbonyl (C=O) groups excluding carboxylic acids is 3. The highest BCUT2D eigenvalue weighted by Crippen LogP contribution is 2.32. The number of imide groups is 1. The first kappa shape index (κ1) is 24.3. The second-order valence-electron chi connectivity index (χ2n) is 7.85. The van der Waals surface area contributed by atoms with Crippen molar-refractivity contribution in [2.75, 3.05) is 22.6 Å². The Bertz CT molecular complexity index is 1380. The van der Waals surface area contributed by atoms with Crippen molar-refractivity contribution in [3.8, 4) is 5.75 Å². The highest BCUT2D eigenvalue weighted by atomic mass is 35.5. The van der Waals surface area contributed by atoms with Crippen molar-refractivity contribution in [3.05, 3.63) is 93.1 Å². The Labute approximate surface area is 212 Å². The lowest BCUT2D eigenvalue weighted by atomic mass is 10.1. The number of nitrogens with zero attached hydrogens (tertiary/aromatic N) is 1. The van der Waals surface area contributed by atoms with Crippen LogP contribution in [0.4, 0.5) is 17.1 Å². The molecule has 0 saturated heterocycles. The zero-order valence-electron chi connectivity index (χ0n) is 19.1. The second kappa shape index (κ2) is 9.82. The van der Waals surface area contributed by atoms with Crippen molar-refractivity contribution < 1.29 is 19.1 Å². The first-order valence-electron chi connectivity index (χ1n) is 10.6. The first-order chi connectivity index (χ1) is 16.7. The average molecular weight is 510 g/mol. The Kier molecular flexibility index (Phi) is 6.82. The minimum atomic E-state index is -0.646. The molecule has 0 atom stereocenters. The molecule has 1 aliphatic heterocycles. The number of carbonyl (C=O) groups is 3. The third kappa shape index (κ3) is 4.73. The second-order valence-corrected chi connectivity index (χ2v) is 8.64. The lowest BCUT2D eigenvalue weighted by Gasteiger charge is -2.16. The van der Waals surface area contributed by atoms with Crippen LogP contribution in [0.2, 0.25) is 5.02 Å². The number of anilines is 3. The fourth-order valence-corrected chi connectivity index (χ4v) is 3.93. The third-order valence-corrected chi connectivity index (χ3v) is 6.39. The summed E-state index contributed by atoms with van der Waals surface area (Å²) < 4.78 is 5.12. The van der Waals surface area contributed by atoms with Crippen LogP contribution in [0.1, 0.15) is 21.5 Å². The predicted octanol–water partition coefficient (Wildman–Crippen LogP) is 5.65. The van der Waals surface area contributed by atoms with Crippen LogP contribution in [0.5, 0.6) is 5.75 Å². The summed E-state index contributed by atoms with van der Waals surface area (Å²) in [5, 5.41) is 6.09.